The van der Waals surface area contributed by atoms with Crippen molar-refractivity contribution in [1.82, 2.24) is 9.55 Å². The van der Waals surface area contributed by atoms with Crippen molar-refractivity contribution in [2.45, 2.75) is 32.9 Å². The van der Waals surface area contributed by atoms with Gasteiger partial charge in [-0.2, -0.15) is 0 Å². The first kappa shape index (κ1) is 17.3. The van der Waals surface area contributed by atoms with Gasteiger partial charge in [0.1, 0.15) is 5.75 Å². The molecule has 3 nitrogen and oxygen atoms in total. The fourth-order valence-electron chi connectivity index (χ4n) is 3.44. The normalized spacial score (nSPS) is 12.2. The highest BCUT2D eigenvalue weighted by Gasteiger charge is 2.21. The van der Waals surface area contributed by atoms with E-state index >= 15 is 0 Å². The van der Waals surface area contributed by atoms with E-state index in [-0.39, 0.29) is 6.10 Å². The van der Waals surface area contributed by atoms with E-state index in [1.165, 1.54) is 11.1 Å². The molecule has 1 heterocycles. The standard InChI is InChI=1S/C24H24N2O/c1-3-23(27-20-13-9-10-18(2)16-20)24-25-21-14-7-8-15-22(21)26(24)17-19-11-5-4-6-12-19/h4-16,23H,3,17H2,1-2H3. The molecule has 0 spiro atoms. The van der Waals surface area contributed by atoms with Gasteiger partial charge in [-0.25, -0.2) is 4.98 Å². The SMILES string of the molecule is CCC(Oc1cccc(C)c1)c1nc2ccccc2n1Cc1ccccc1. The van der Waals surface area contributed by atoms with Crippen molar-refractivity contribution in [3.8, 4) is 5.75 Å². The van der Waals surface area contributed by atoms with Crippen LogP contribution in [0.5, 0.6) is 5.75 Å². The minimum absolute atomic E-state index is 0.0945. The van der Waals surface area contributed by atoms with Crippen molar-refractivity contribution >= 4 is 11.0 Å². The van der Waals surface area contributed by atoms with E-state index in [0.717, 1.165) is 35.6 Å². The second-order valence-corrected chi connectivity index (χ2v) is 6.86. The van der Waals surface area contributed by atoms with Gasteiger partial charge >= 0.3 is 0 Å². The lowest BCUT2D eigenvalue weighted by Gasteiger charge is -2.19. The second-order valence-electron chi connectivity index (χ2n) is 6.86. The van der Waals surface area contributed by atoms with Crippen LogP contribution in [-0.4, -0.2) is 9.55 Å². The van der Waals surface area contributed by atoms with Crippen LogP contribution in [0.25, 0.3) is 11.0 Å². The number of aryl methyl sites for hydroxylation is 1. The molecule has 4 rings (SSSR count). The molecule has 0 bridgehead atoms. The first-order chi connectivity index (χ1) is 13.2. The molecule has 3 heteroatoms. The van der Waals surface area contributed by atoms with Crippen molar-refractivity contribution in [2.75, 3.05) is 0 Å². The number of imidazole rings is 1. The topological polar surface area (TPSA) is 27.1 Å². The maximum absolute atomic E-state index is 6.36. The van der Waals surface area contributed by atoms with Crippen molar-refractivity contribution in [1.29, 1.82) is 0 Å². The van der Waals surface area contributed by atoms with Crippen molar-refractivity contribution in [3.63, 3.8) is 0 Å². The lowest BCUT2D eigenvalue weighted by molar-refractivity contribution is 0.187. The number of para-hydroxylation sites is 2. The molecule has 0 aliphatic carbocycles. The van der Waals surface area contributed by atoms with Crippen molar-refractivity contribution in [2.24, 2.45) is 0 Å². The predicted octanol–water partition coefficient (Wildman–Crippen LogP) is 5.92. The summed E-state index contributed by atoms with van der Waals surface area (Å²) in [6.07, 6.45) is 0.759. The van der Waals surface area contributed by atoms with Gasteiger partial charge in [-0.1, -0.05) is 61.5 Å². The molecule has 0 fully saturated rings. The molecule has 0 N–H and O–H groups in total. The van der Waals surface area contributed by atoms with Crippen LogP contribution in [0.1, 0.15) is 36.4 Å². The number of fused-ring (bicyclic) bond motifs is 1. The second kappa shape index (κ2) is 7.67. The van der Waals surface area contributed by atoms with Crippen LogP contribution in [0.15, 0.2) is 78.9 Å². The number of hydrogen-bond acceptors (Lipinski definition) is 2. The minimum atomic E-state index is -0.0945. The fourth-order valence-corrected chi connectivity index (χ4v) is 3.44. The molecule has 0 saturated carbocycles. The summed E-state index contributed by atoms with van der Waals surface area (Å²) < 4.78 is 8.64. The molecule has 27 heavy (non-hydrogen) atoms. The third kappa shape index (κ3) is 3.72. The van der Waals surface area contributed by atoms with Crippen molar-refractivity contribution < 1.29 is 4.74 Å². The van der Waals surface area contributed by atoms with Crippen LogP contribution in [0.2, 0.25) is 0 Å². The number of aromatic nitrogens is 2. The van der Waals surface area contributed by atoms with Crippen LogP contribution < -0.4 is 4.74 Å². The average molecular weight is 356 g/mol. The van der Waals surface area contributed by atoms with Crippen LogP contribution in [-0.2, 0) is 6.54 Å². The van der Waals surface area contributed by atoms with Crippen LogP contribution in [0.4, 0.5) is 0 Å². The van der Waals surface area contributed by atoms with Gasteiger partial charge in [-0.05, 0) is 48.7 Å². The molecular formula is C24H24N2O. The molecule has 0 aliphatic rings. The molecule has 3 aromatic carbocycles. The summed E-state index contributed by atoms with van der Waals surface area (Å²) in [6, 6.07) is 27.0. The Morgan fingerprint density at radius 2 is 1.70 bits per heavy atom. The van der Waals surface area contributed by atoms with E-state index in [2.05, 4.69) is 73.0 Å². The Morgan fingerprint density at radius 1 is 0.926 bits per heavy atom. The fraction of sp³-hybridized carbons (Fsp3) is 0.208. The number of ether oxygens (including phenoxy) is 1. The van der Waals surface area contributed by atoms with Crippen molar-refractivity contribution in [3.05, 3.63) is 95.8 Å². The number of benzene rings is 3. The molecular weight excluding hydrogens is 332 g/mol. The highest BCUT2D eigenvalue weighted by atomic mass is 16.5. The summed E-state index contributed by atoms with van der Waals surface area (Å²) in [5.41, 5.74) is 4.60. The Labute approximate surface area is 160 Å². The summed E-state index contributed by atoms with van der Waals surface area (Å²) in [4.78, 5) is 4.94. The molecule has 1 unspecified atom stereocenters. The lowest BCUT2D eigenvalue weighted by Crippen LogP contribution is -2.14. The van der Waals surface area contributed by atoms with Gasteiger partial charge in [0.15, 0.2) is 11.9 Å². The lowest BCUT2D eigenvalue weighted by atomic mass is 10.2. The minimum Gasteiger partial charge on any atom is -0.483 e. The largest absolute Gasteiger partial charge is 0.483 e. The van der Waals surface area contributed by atoms with Gasteiger partial charge in [-0.15, -0.1) is 0 Å². The third-order valence-electron chi connectivity index (χ3n) is 4.79. The highest BCUT2D eigenvalue weighted by molar-refractivity contribution is 5.76. The quantitative estimate of drug-likeness (QED) is 0.428. The Hall–Kier alpha value is -3.07. The molecule has 0 aliphatic heterocycles. The third-order valence-corrected chi connectivity index (χ3v) is 4.79. The number of hydrogen-bond donors (Lipinski definition) is 0. The van der Waals surface area contributed by atoms with Crippen LogP contribution in [0, 0.1) is 6.92 Å². The van der Waals surface area contributed by atoms with Gasteiger partial charge in [-0.3, -0.25) is 0 Å². The van der Waals surface area contributed by atoms with Crippen LogP contribution in [0.3, 0.4) is 0 Å². The number of nitrogens with zero attached hydrogens (tertiary/aromatic N) is 2. The maximum atomic E-state index is 6.36. The zero-order valence-electron chi connectivity index (χ0n) is 15.8. The Balaban J connectivity index is 1.75. The molecule has 0 amide bonds. The smallest absolute Gasteiger partial charge is 0.156 e. The Kier molecular flexibility index (Phi) is 4.93. The molecule has 0 radical (unpaired) electrons. The zero-order valence-corrected chi connectivity index (χ0v) is 15.8. The van der Waals surface area contributed by atoms with Gasteiger partial charge in [0.05, 0.1) is 11.0 Å². The predicted molar refractivity (Wildman–Crippen MR) is 110 cm³/mol. The molecule has 1 aromatic heterocycles. The van der Waals surface area contributed by atoms with E-state index in [1.54, 1.807) is 0 Å². The summed E-state index contributed by atoms with van der Waals surface area (Å²) in [5.74, 6) is 1.87. The van der Waals surface area contributed by atoms with Crippen LogP contribution >= 0.6 is 0 Å². The monoisotopic (exact) mass is 356 g/mol. The van der Waals surface area contributed by atoms with E-state index < -0.39 is 0 Å². The summed E-state index contributed by atoms with van der Waals surface area (Å²) in [5, 5.41) is 0. The average Bonchev–Trinajstić information content (AvgIpc) is 3.05. The summed E-state index contributed by atoms with van der Waals surface area (Å²) in [6.45, 7) is 5.01. The molecule has 0 saturated heterocycles. The van der Waals surface area contributed by atoms with E-state index in [9.17, 15) is 0 Å². The number of rotatable bonds is 6. The first-order valence-electron chi connectivity index (χ1n) is 9.47. The highest BCUT2D eigenvalue weighted by Crippen LogP contribution is 2.28. The first-order valence-corrected chi connectivity index (χ1v) is 9.47. The van der Waals surface area contributed by atoms with Gasteiger partial charge in [0, 0.05) is 6.54 Å². The maximum Gasteiger partial charge on any atom is 0.156 e. The Bertz CT molecular complexity index is 1040. The van der Waals surface area contributed by atoms with Gasteiger partial charge < -0.3 is 9.30 Å². The Morgan fingerprint density at radius 3 is 2.48 bits per heavy atom. The molecule has 4 aromatic rings. The van der Waals surface area contributed by atoms with E-state index in [0.29, 0.717) is 0 Å². The zero-order chi connectivity index (χ0) is 18.6. The van der Waals surface area contributed by atoms with E-state index in [1.807, 2.05) is 24.3 Å². The molecule has 1 atom stereocenters. The summed E-state index contributed by atoms with van der Waals surface area (Å²) >= 11 is 0. The van der Waals surface area contributed by atoms with Gasteiger partial charge in [0.25, 0.3) is 0 Å². The summed E-state index contributed by atoms with van der Waals surface area (Å²) in [7, 11) is 0. The van der Waals surface area contributed by atoms with Gasteiger partial charge in [0.2, 0.25) is 0 Å². The molecule has 136 valence electrons. The van der Waals surface area contributed by atoms with E-state index in [4.69, 9.17) is 9.72 Å².